The molecule has 294 valence electrons. The highest BCUT2D eigenvalue weighted by atomic mass is 16.5. The number of nitrogens with one attached hydrogen (secondary N) is 1. The van der Waals surface area contributed by atoms with Crippen LogP contribution in [0.1, 0.15) is 119 Å². The molecule has 0 aromatic carbocycles. The molecule has 11 nitrogen and oxygen atoms in total. The quantitative estimate of drug-likeness (QED) is 0.185. The molecule has 1 N–H and O–H groups in total. The van der Waals surface area contributed by atoms with Crippen LogP contribution in [0.15, 0.2) is 12.7 Å². The maximum absolute atomic E-state index is 14.7. The van der Waals surface area contributed by atoms with Crippen LogP contribution in [0.25, 0.3) is 0 Å². The third-order valence-electron chi connectivity index (χ3n) is 13.4. The van der Waals surface area contributed by atoms with Crippen LogP contribution >= 0.6 is 0 Å². The number of ketones is 3. The Morgan fingerprint density at radius 2 is 1.60 bits per heavy atom. The van der Waals surface area contributed by atoms with Crippen molar-refractivity contribution in [2.24, 2.45) is 52.3 Å². The second-order valence-corrected chi connectivity index (χ2v) is 18.4. The van der Waals surface area contributed by atoms with Crippen LogP contribution in [-0.2, 0) is 38.3 Å². The lowest BCUT2D eigenvalue weighted by Gasteiger charge is -2.38. The minimum atomic E-state index is -0.830. The maximum atomic E-state index is 14.7. The number of likely N-dealkylation sites (tertiary alicyclic amines) is 1. The van der Waals surface area contributed by atoms with E-state index in [1.807, 2.05) is 27.7 Å². The van der Waals surface area contributed by atoms with Gasteiger partial charge in [0, 0.05) is 63.3 Å². The molecule has 2 saturated carbocycles. The lowest BCUT2D eigenvalue weighted by Crippen LogP contribution is -2.51. The molecule has 9 atom stereocenters. The average molecular weight is 738 g/mol. The zero-order chi connectivity index (χ0) is 38.8. The SMILES string of the molecule is C=CCNC(=O)C(=O)[C@@H]1CCCCCCCO[C@@H](C)[C@H](CC(=O)C[C@H](CN2C(=O)C3CCC(C3)C2=O)C(C)(C)C)C(=O)N2C[C@H]3[C@@H]([C@H]2C(=O)C1)C3(C)C. The Kier molecular flexibility index (Phi) is 12.9. The summed E-state index contributed by atoms with van der Waals surface area (Å²) >= 11 is 0. The average Bonchev–Trinajstić information content (AvgIpc) is 3.48. The summed E-state index contributed by atoms with van der Waals surface area (Å²) in [7, 11) is 0. The summed E-state index contributed by atoms with van der Waals surface area (Å²) in [5.74, 6) is -4.37. The zero-order valence-corrected chi connectivity index (χ0v) is 33.0. The number of Topliss-reactive ketones (excluding diaryl/α,β-unsaturated/α-hetero) is 3. The molecule has 53 heavy (non-hydrogen) atoms. The van der Waals surface area contributed by atoms with E-state index in [1.54, 1.807) is 4.90 Å². The lowest BCUT2D eigenvalue weighted by atomic mass is 9.76. The number of fused-ring (bicyclic) bond motifs is 5. The minimum Gasteiger partial charge on any atom is -0.378 e. The molecule has 4 amide bonds. The number of rotatable bonds is 10. The van der Waals surface area contributed by atoms with E-state index < -0.39 is 41.1 Å². The fourth-order valence-corrected chi connectivity index (χ4v) is 9.71. The summed E-state index contributed by atoms with van der Waals surface area (Å²) in [6.45, 7) is 16.8. The fraction of sp³-hybridized carbons (Fsp3) is 0.786. The highest BCUT2D eigenvalue weighted by Crippen LogP contribution is 2.65. The second kappa shape index (κ2) is 16.7. The molecule has 0 radical (unpaired) electrons. The predicted octanol–water partition coefficient (Wildman–Crippen LogP) is 5.09. The minimum absolute atomic E-state index is 0.0732. The fourth-order valence-electron chi connectivity index (χ4n) is 9.71. The smallest absolute Gasteiger partial charge is 0.287 e. The molecular formula is C42H63N3O8. The molecule has 2 aliphatic carbocycles. The molecule has 3 heterocycles. The van der Waals surface area contributed by atoms with Gasteiger partial charge >= 0.3 is 0 Å². The van der Waals surface area contributed by atoms with Gasteiger partial charge in [-0.25, -0.2) is 0 Å². The number of hydrogen-bond acceptors (Lipinski definition) is 8. The predicted molar refractivity (Wildman–Crippen MR) is 199 cm³/mol. The first-order valence-corrected chi connectivity index (χ1v) is 20.2. The Balaban J connectivity index is 1.37. The number of carbonyl (C=O) groups excluding carboxylic acids is 7. The Hall–Kier alpha value is -3.21. The number of nitrogens with zero attached hydrogens (tertiary/aromatic N) is 2. The van der Waals surface area contributed by atoms with Gasteiger partial charge in [-0.3, -0.25) is 38.5 Å². The van der Waals surface area contributed by atoms with Gasteiger partial charge in [0.05, 0.1) is 18.1 Å². The van der Waals surface area contributed by atoms with Crippen molar-refractivity contribution >= 4 is 41.0 Å². The molecule has 5 rings (SSSR count). The van der Waals surface area contributed by atoms with E-state index in [-0.39, 0.29) is 96.6 Å². The monoisotopic (exact) mass is 737 g/mol. The molecule has 5 aliphatic rings. The van der Waals surface area contributed by atoms with Crippen molar-refractivity contribution in [2.75, 3.05) is 26.2 Å². The summed E-state index contributed by atoms with van der Waals surface area (Å²) in [6, 6.07) is -0.749. The van der Waals surface area contributed by atoms with E-state index >= 15 is 0 Å². The summed E-state index contributed by atoms with van der Waals surface area (Å²) in [5, 5.41) is 2.57. The molecular weight excluding hydrogens is 674 g/mol. The van der Waals surface area contributed by atoms with E-state index in [0.29, 0.717) is 32.4 Å². The Bertz CT molecular complexity index is 1440. The molecule has 0 aromatic heterocycles. The zero-order valence-electron chi connectivity index (χ0n) is 33.0. The summed E-state index contributed by atoms with van der Waals surface area (Å²) in [6.07, 6.45) is 7.45. The van der Waals surface area contributed by atoms with Crippen LogP contribution in [0.5, 0.6) is 0 Å². The Morgan fingerprint density at radius 3 is 2.25 bits per heavy atom. The molecule has 3 aliphatic heterocycles. The lowest BCUT2D eigenvalue weighted by molar-refractivity contribution is -0.154. The molecule has 2 bridgehead atoms. The van der Waals surface area contributed by atoms with Gasteiger partial charge in [-0.05, 0) is 67.6 Å². The Labute approximate surface area is 315 Å². The van der Waals surface area contributed by atoms with Crippen LogP contribution in [0.3, 0.4) is 0 Å². The van der Waals surface area contributed by atoms with Crippen molar-refractivity contribution in [1.82, 2.24) is 15.1 Å². The number of imide groups is 1. The van der Waals surface area contributed by atoms with Crippen LogP contribution < -0.4 is 5.32 Å². The van der Waals surface area contributed by atoms with Crippen LogP contribution in [0, 0.1) is 52.3 Å². The normalized spacial score (nSPS) is 32.9. The van der Waals surface area contributed by atoms with Gasteiger partial charge in [0.2, 0.25) is 23.5 Å². The van der Waals surface area contributed by atoms with E-state index in [4.69, 9.17) is 4.74 Å². The van der Waals surface area contributed by atoms with Gasteiger partial charge in [0.25, 0.3) is 5.91 Å². The van der Waals surface area contributed by atoms with E-state index in [1.165, 1.54) is 11.0 Å². The van der Waals surface area contributed by atoms with Crippen molar-refractivity contribution in [3.8, 4) is 0 Å². The number of piperidine rings is 2. The molecule has 5 fully saturated rings. The van der Waals surface area contributed by atoms with Gasteiger partial charge in [0.15, 0.2) is 5.78 Å². The van der Waals surface area contributed by atoms with Crippen molar-refractivity contribution in [3.63, 3.8) is 0 Å². The molecule has 11 heteroatoms. The van der Waals surface area contributed by atoms with E-state index in [0.717, 1.165) is 38.5 Å². The van der Waals surface area contributed by atoms with Gasteiger partial charge < -0.3 is 15.0 Å². The first kappa shape index (κ1) is 41.0. The van der Waals surface area contributed by atoms with Crippen molar-refractivity contribution in [1.29, 1.82) is 0 Å². The molecule has 3 saturated heterocycles. The van der Waals surface area contributed by atoms with Crippen LogP contribution in [-0.4, -0.2) is 89.2 Å². The molecule has 0 spiro atoms. The third-order valence-corrected chi connectivity index (χ3v) is 13.4. The highest BCUT2D eigenvalue weighted by Gasteiger charge is 2.69. The molecule has 2 unspecified atom stereocenters. The summed E-state index contributed by atoms with van der Waals surface area (Å²) < 4.78 is 6.26. The highest BCUT2D eigenvalue weighted by molar-refractivity contribution is 6.37. The summed E-state index contributed by atoms with van der Waals surface area (Å²) in [4.78, 5) is 98.7. The van der Waals surface area contributed by atoms with E-state index in [2.05, 4.69) is 25.7 Å². The third kappa shape index (κ3) is 9.03. The van der Waals surface area contributed by atoms with Crippen LogP contribution in [0.2, 0.25) is 0 Å². The summed E-state index contributed by atoms with van der Waals surface area (Å²) in [5.41, 5.74) is -0.551. The molecule has 0 aromatic rings. The van der Waals surface area contributed by atoms with Crippen LogP contribution in [0.4, 0.5) is 0 Å². The number of hydrogen-bond donors (Lipinski definition) is 1. The number of amides is 4. The largest absolute Gasteiger partial charge is 0.378 e. The number of ether oxygens (including phenoxy) is 1. The standard InChI is InChI=1S/C42H63N3O8/c1-8-17-43-37(49)36(48)26-14-12-10-9-11-13-18-53-25(2)31(40(52)44-24-32-34(42(32,6)7)35(44)33(47)20-26)22-30(46)21-29(41(3,4)5)23-45-38(50)27-15-16-28(19-27)39(45)51/h8,25-29,31-32,34-35H,1,9-24H2,2-7H3,(H,43,49)/t25-,26+,27?,28?,29+,31-,32-,34-,35+/m0/s1. The first-order valence-electron chi connectivity index (χ1n) is 20.2. The van der Waals surface area contributed by atoms with Gasteiger partial charge in [-0.15, -0.1) is 6.58 Å². The topological polar surface area (TPSA) is 147 Å². The Morgan fingerprint density at radius 1 is 0.962 bits per heavy atom. The van der Waals surface area contributed by atoms with Gasteiger partial charge in [0.1, 0.15) is 5.78 Å². The van der Waals surface area contributed by atoms with Gasteiger partial charge in [-0.1, -0.05) is 66.4 Å². The van der Waals surface area contributed by atoms with E-state index in [9.17, 15) is 33.6 Å². The maximum Gasteiger partial charge on any atom is 0.287 e. The first-order chi connectivity index (χ1) is 25.0. The van der Waals surface area contributed by atoms with Crippen molar-refractivity contribution in [3.05, 3.63) is 12.7 Å². The number of carbonyl (C=O) groups is 7. The van der Waals surface area contributed by atoms with Gasteiger partial charge in [-0.2, -0.15) is 0 Å². The van der Waals surface area contributed by atoms with Crippen molar-refractivity contribution in [2.45, 2.75) is 131 Å². The second-order valence-electron chi connectivity index (χ2n) is 18.4. The van der Waals surface area contributed by atoms with Crippen molar-refractivity contribution < 1.29 is 38.3 Å².